The van der Waals surface area contributed by atoms with E-state index in [0.717, 1.165) is 38.3 Å². The van der Waals surface area contributed by atoms with Gasteiger partial charge in [-0.25, -0.2) is 9.98 Å². The Labute approximate surface area is 175 Å². The quantitative estimate of drug-likeness (QED) is 0.348. The molecule has 0 bridgehead atoms. The number of pyridine rings is 1. The molecule has 0 spiro atoms. The summed E-state index contributed by atoms with van der Waals surface area (Å²) >= 11 is 0. The van der Waals surface area contributed by atoms with Gasteiger partial charge in [0.05, 0.1) is 12.6 Å². The molecule has 1 aliphatic heterocycles. The van der Waals surface area contributed by atoms with Crippen molar-refractivity contribution in [2.24, 2.45) is 4.99 Å². The minimum Gasteiger partial charge on any atom is -0.468 e. The number of likely N-dealkylation sites (tertiary alicyclic amines) is 1. The fourth-order valence-corrected chi connectivity index (χ4v) is 3.10. The van der Waals surface area contributed by atoms with Gasteiger partial charge in [-0.15, -0.1) is 0 Å². The van der Waals surface area contributed by atoms with Gasteiger partial charge in [-0.05, 0) is 32.3 Å². The number of halogens is 3. The number of methoxy groups -OCH3 is 1. The average Bonchev–Trinajstić information content (AvgIpc) is 2.73. The van der Waals surface area contributed by atoms with Crippen LogP contribution in [0.1, 0.15) is 31.7 Å². The van der Waals surface area contributed by atoms with E-state index in [-0.39, 0.29) is 18.5 Å². The molecule has 0 atom stereocenters. The number of nitrogens with one attached hydrogen (secondary N) is 1. The standard InChI is InChI=1S/C20H31F3N4O3/c1-3-24-19(27-10-7-17(8-11-27)29-13-5-12-28-2)26-14-16-6-4-9-25-18(16)30-15-20(21,22)23/h4,6,9,17H,3,5,7-8,10-15H2,1-2H3,(H,24,26). The third kappa shape index (κ3) is 8.74. The van der Waals surface area contributed by atoms with E-state index in [1.807, 2.05) is 6.92 Å². The van der Waals surface area contributed by atoms with Gasteiger partial charge in [0.25, 0.3) is 0 Å². The monoisotopic (exact) mass is 432 g/mol. The minimum atomic E-state index is -4.41. The van der Waals surface area contributed by atoms with Crippen molar-refractivity contribution in [1.29, 1.82) is 0 Å². The molecule has 0 radical (unpaired) electrons. The van der Waals surface area contributed by atoms with E-state index in [1.165, 1.54) is 6.20 Å². The van der Waals surface area contributed by atoms with Gasteiger partial charge in [0.1, 0.15) is 0 Å². The van der Waals surface area contributed by atoms with Crippen LogP contribution >= 0.6 is 0 Å². The van der Waals surface area contributed by atoms with Crippen molar-refractivity contribution in [3.63, 3.8) is 0 Å². The normalized spacial score (nSPS) is 16.0. The number of guanidine groups is 1. The molecule has 2 rings (SSSR count). The van der Waals surface area contributed by atoms with Crippen molar-refractivity contribution in [2.75, 3.05) is 46.6 Å². The summed E-state index contributed by atoms with van der Waals surface area (Å²) in [4.78, 5) is 10.7. The first-order valence-corrected chi connectivity index (χ1v) is 10.2. The number of hydrogen-bond donors (Lipinski definition) is 1. The van der Waals surface area contributed by atoms with E-state index in [1.54, 1.807) is 19.2 Å². The first-order valence-electron chi connectivity index (χ1n) is 10.2. The van der Waals surface area contributed by atoms with Crippen LogP contribution in [0.3, 0.4) is 0 Å². The Hall–Kier alpha value is -2.07. The van der Waals surface area contributed by atoms with E-state index in [4.69, 9.17) is 14.2 Å². The summed E-state index contributed by atoms with van der Waals surface area (Å²) in [6.07, 6.45) is -0.120. The molecule has 0 amide bonds. The number of aliphatic imine (C=N–C) groups is 1. The third-order valence-corrected chi connectivity index (χ3v) is 4.54. The van der Waals surface area contributed by atoms with Gasteiger partial charge in [-0.3, -0.25) is 0 Å². The lowest BCUT2D eigenvalue weighted by molar-refractivity contribution is -0.154. The summed E-state index contributed by atoms with van der Waals surface area (Å²) < 4.78 is 53.2. The smallest absolute Gasteiger partial charge is 0.422 e. The minimum absolute atomic E-state index is 0.0439. The maximum absolute atomic E-state index is 12.5. The Morgan fingerprint density at radius 3 is 2.73 bits per heavy atom. The lowest BCUT2D eigenvalue weighted by Crippen LogP contribution is -2.47. The molecule has 1 fully saturated rings. The highest BCUT2D eigenvalue weighted by Crippen LogP contribution is 2.21. The van der Waals surface area contributed by atoms with Crippen LogP contribution in [-0.2, 0) is 16.0 Å². The molecule has 30 heavy (non-hydrogen) atoms. The van der Waals surface area contributed by atoms with Crippen LogP contribution in [0.5, 0.6) is 5.88 Å². The zero-order valence-electron chi connectivity index (χ0n) is 17.6. The highest BCUT2D eigenvalue weighted by atomic mass is 19.4. The van der Waals surface area contributed by atoms with E-state index < -0.39 is 12.8 Å². The fourth-order valence-electron chi connectivity index (χ4n) is 3.10. The predicted molar refractivity (Wildman–Crippen MR) is 108 cm³/mol. The molecule has 7 nitrogen and oxygen atoms in total. The molecule has 10 heteroatoms. The highest BCUT2D eigenvalue weighted by Gasteiger charge is 2.29. The lowest BCUT2D eigenvalue weighted by Gasteiger charge is -2.34. The molecule has 1 saturated heterocycles. The van der Waals surface area contributed by atoms with Gasteiger partial charge in [0, 0.05) is 51.7 Å². The summed E-state index contributed by atoms with van der Waals surface area (Å²) in [5, 5.41) is 3.25. The second kappa shape index (κ2) is 12.6. The average molecular weight is 432 g/mol. The maximum atomic E-state index is 12.5. The lowest BCUT2D eigenvalue weighted by atomic mass is 10.1. The number of nitrogens with zero attached hydrogens (tertiary/aromatic N) is 3. The summed E-state index contributed by atoms with van der Waals surface area (Å²) in [6, 6.07) is 3.33. The zero-order valence-corrected chi connectivity index (χ0v) is 17.6. The predicted octanol–water partition coefficient (Wildman–Crippen LogP) is 3.01. The molecule has 0 unspecified atom stereocenters. The first kappa shape index (κ1) is 24.2. The summed E-state index contributed by atoms with van der Waals surface area (Å²) in [5.74, 6) is 0.679. The van der Waals surface area contributed by atoms with E-state index in [2.05, 4.69) is 20.2 Å². The first-order chi connectivity index (χ1) is 14.4. The Morgan fingerprint density at radius 2 is 2.07 bits per heavy atom. The highest BCUT2D eigenvalue weighted by molar-refractivity contribution is 5.80. The zero-order chi connectivity index (χ0) is 21.8. The van der Waals surface area contributed by atoms with Gasteiger partial charge >= 0.3 is 6.18 Å². The summed E-state index contributed by atoms with van der Waals surface area (Å²) in [7, 11) is 1.68. The van der Waals surface area contributed by atoms with Gasteiger partial charge < -0.3 is 24.4 Å². The molecular formula is C20H31F3N4O3. The van der Waals surface area contributed by atoms with Crippen molar-refractivity contribution in [1.82, 2.24) is 15.2 Å². The molecule has 1 aromatic rings. The molecule has 1 N–H and O–H groups in total. The van der Waals surface area contributed by atoms with Gasteiger partial charge in [-0.2, -0.15) is 13.2 Å². The Balaban J connectivity index is 1.92. The van der Waals surface area contributed by atoms with E-state index in [0.29, 0.717) is 25.3 Å². The SMILES string of the molecule is CCNC(=NCc1cccnc1OCC(F)(F)F)N1CCC(OCCCOC)CC1. The molecule has 1 aromatic heterocycles. The summed E-state index contributed by atoms with van der Waals surface area (Å²) in [5.41, 5.74) is 0.508. The number of alkyl halides is 3. The molecular weight excluding hydrogens is 401 g/mol. The van der Waals surface area contributed by atoms with Crippen molar-refractivity contribution in [3.8, 4) is 5.88 Å². The topological polar surface area (TPSA) is 68.2 Å². The van der Waals surface area contributed by atoms with Crippen LogP contribution in [0.25, 0.3) is 0 Å². The van der Waals surface area contributed by atoms with E-state index >= 15 is 0 Å². The number of rotatable bonds is 10. The van der Waals surface area contributed by atoms with Gasteiger partial charge in [-0.1, -0.05) is 6.07 Å². The second-order valence-electron chi connectivity index (χ2n) is 6.95. The van der Waals surface area contributed by atoms with Crippen molar-refractivity contribution in [3.05, 3.63) is 23.9 Å². The number of hydrogen-bond acceptors (Lipinski definition) is 5. The van der Waals surface area contributed by atoms with Gasteiger partial charge in [0.2, 0.25) is 5.88 Å². The largest absolute Gasteiger partial charge is 0.468 e. The van der Waals surface area contributed by atoms with Crippen LogP contribution in [0.4, 0.5) is 13.2 Å². The van der Waals surface area contributed by atoms with Crippen molar-refractivity contribution in [2.45, 2.75) is 45.0 Å². The molecule has 170 valence electrons. The van der Waals surface area contributed by atoms with Crippen LogP contribution in [0.2, 0.25) is 0 Å². The van der Waals surface area contributed by atoms with Crippen molar-refractivity contribution >= 4 is 5.96 Å². The second-order valence-corrected chi connectivity index (χ2v) is 6.95. The molecule has 1 aliphatic rings. The van der Waals surface area contributed by atoms with Gasteiger partial charge in [0.15, 0.2) is 12.6 Å². The number of piperidine rings is 1. The van der Waals surface area contributed by atoms with Crippen LogP contribution in [0.15, 0.2) is 23.3 Å². The van der Waals surface area contributed by atoms with Crippen molar-refractivity contribution < 1.29 is 27.4 Å². The fraction of sp³-hybridized carbons (Fsp3) is 0.700. The van der Waals surface area contributed by atoms with Crippen LogP contribution in [0, 0.1) is 0 Å². The summed E-state index contributed by atoms with van der Waals surface area (Å²) in [6.45, 7) is 4.44. The molecule has 0 aromatic carbocycles. The number of aromatic nitrogens is 1. The Kier molecular flexibility index (Phi) is 10.2. The molecule has 0 aliphatic carbocycles. The number of ether oxygens (including phenoxy) is 3. The Morgan fingerprint density at radius 1 is 1.30 bits per heavy atom. The maximum Gasteiger partial charge on any atom is 0.422 e. The van der Waals surface area contributed by atoms with Crippen LogP contribution < -0.4 is 10.1 Å². The Bertz CT molecular complexity index is 650. The molecule has 0 saturated carbocycles. The van der Waals surface area contributed by atoms with Crippen LogP contribution in [-0.4, -0.2) is 74.7 Å². The molecule has 2 heterocycles. The third-order valence-electron chi connectivity index (χ3n) is 4.54. The van der Waals surface area contributed by atoms with E-state index in [9.17, 15) is 13.2 Å².